The van der Waals surface area contributed by atoms with E-state index in [1.165, 1.54) is 18.2 Å². The number of rotatable bonds is 3. The Morgan fingerprint density at radius 2 is 2.06 bits per heavy atom. The fraction of sp³-hybridized carbons (Fsp3) is 0.364. The van der Waals surface area contributed by atoms with Gasteiger partial charge in [0, 0.05) is 5.56 Å². The van der Waals surface area contributed by atoms with Crippen LogP contribution in [0.3, 0.4) is 0 Å². The first-order valence-corrected chi connectivity index (χ1v) is 7.07. The summed E-state index contributed by atoms with van der Waals surface area (Å²) in [4.78, 5) is 11.6. The second-order valence-corrected chi connectivity index (χ2v) is 5.96. The van der Waals surface area contributed by atoms with E-state index in [0.29, 0.717) is 5.56 Å². The fourth-order valence-electron chi connectivity index (χ4n) is 1.62. The van der Waals surface area contributed by atoms with Crippen LogP contribution in [0, 0.1) is 5.82 Å². The van der Waals surface area contributed by atoms with Crippen molar-refractivity contribution >= 4 is 15.9 Å². The molecule has 1 aromatic rings. The summed E-state index contributed by atoms with van der Waals surface area (Å²) in [5, 5.41) is 0. The monoisotopic (exact) mass is 257 g/mol. The van der Waals surface area contributed by atoms with E-state index in [0.717, 1.165) is 19.1 Å². The molecule has 1 aromatic carbocycles. The second-order valence-electron chi connectivity index (χ2n) is 4.21. The van der Waals surface area contributed by atoms with Gasteiger partial charge in [-0.1, -0.05) is 0 Å². The number of amides is 1. The predicted molar refractivity (Wildman–Crippen MR) is 60.7 cm³/mol. The van der Waals surface area contributed by atoms with Crippen LogP contribution in [-0.2, 0) is 10.0 Å². The fourth-order valence-corrected chi connectivity index (χ4v) is 2.07. The molecule has 6 heteroatoms. The van der Waals surface area contributed by atoms with Crippen LogP contribution in [0.4, 0.5) is 4.39 Å². The van der Waals surface area contributed by atoms with Crippen molar-refractivity contribution < 1.29 is 17.6 Å². The lowest BCUT2D eigenvalue weighted by atomic mass is 10.1. The zero-order valence-corrected chi connectivity index (χ0v) is 10.1. The predicted octanol–water partition coefficient (Wildman–Crippen LogP) is 1.39. The minimum Gasteiger partial charge on any atom is -0.268 e. The van der Waals surface area contributed by atoms with Crippen molar-refractivity contribution in [2.24, 2.45) is 0 Å². The summed E-state index contributed by atoms with van der Waals surface area (Å²) >= 11 is 0. The van der Waals surface area contributed by atoms with Crippen LogP contribution < -0.4 is 4.72 Å². The number of nitrogens with one attached hydrogen (secondary N) is 1. The summed E-state index contributed by atoms with van der Waals surface area (Å²) < 4.78 is 37.1. The molecule has 1 N–H and O–H groups in total. The van der Waals surface area contributed by atoms with E-state index in [1.807, 2.05) is 4.72 Å². The Labute approximate surface area is 98.9 Å². The van der Waals surface area contributed by atoms with Gasteiger partial charge in [0.05, 0.1) is 6.26 Å². The van der Waals surface area contributed by atoms with Crippen LogP contribution in [0.15, 0.2) is 18.2 Å². The average molecular weight is 257 g/mol. The van der Waals surface area contributed by atoms with Gasteiger partial charge < -0.3 is 0 Å². The summed E-state index contributed by atoms with van der Waals surface area (Å²) in [6.07, 6.45) is 2.72. The summed E-state index contributed by atoms with van der Waals surface area (Å²) in [6.45, 7) is 0. The molecule has 1 aliphatic carbocycles. The number of carbonyl (C=O) groups excluding carboxylic acids is 1. The van der Waals surface area contributed by atoms with Gasteiger partial charge in [-0.15, -0.1) is 0 Å². The van der Waals surface area contributed by atoms with E-state index in [-0.39, 0.29) is 17.3 Å². The molecule has 2 rings (SSSR count). The average Bonchev–Trinajstić information content (AvgIpc) is 2.99. The smallest absolute Gasteiger partial charge is 0.264 e. The van der Waals surface area contributed by atoms with Gasteiger partial charge in [0.25, 0.3) is 5.91 Å². The molecule has 0 bridgehead atoms. The van der Waals surface area contributed by atoms with Crippen LogP contribution in [0.25, 0.3) is 0 Å². The molecule has 0 aliphatic heterocycles. The minimum absolute atomic E-state index is 0.165. The Balaban J connectivity index is 2.27. The van der Waals surface area contributed by atoms with E-state index in [4.69, 9.17) is 0 Å². The Morgan fingerprint density at radius 1 is 1.41 bits per heavy atom. The topological polar surface area (TPSA) is 63.2 Å². The number of sulfonamides is 1. The maximum absolute atomic E-state index is 13.4. The van der Waals surface area contributed by atoms with Gasteiger partial charge in [-0.05, 0) is 42.5 Å². The Kier molecular flexibility index (Phi) is 2.91. The molecule has 1 fully saturated rings. The van der Waals surface area contributed by atoms with Gasteiger partial charge in [0.1, 0.15) is 5.82 Å². The molecule has 0 unspecified atom stereocenters. The number of carbonyl (C=O) groups is 1. The molecule has 4 nitrogen and oxygen atoms in total. The highest BCUT2D eigenvalue weighted by Crippen LogP contribution is 2.41. The van der Waals surface area contributed by atoms with Crippen LogP contribution in [-0.4, -0.2) is 20.6 Å². The zero-order chi connectivity index (χ0) is 12.6. The van der Waals surface area contributed by atoms with E-state index in [9.17, 15) is 17.6 Å². The highest BCUT2D eigenvalue weighted by atomic mass is 32.2. The van der Waals surface area contributed by atoms with E-state index in [2.05, 4.69) is 0 Å². The Morgan fingerprint density at radius 3 is 2.59 bits per heavy atom. The summed E-state index contributed by atoms with van der Waals surface area (Å²) in [7, 11) is -3.59. The SMILES string of the molecule is CS(=O)(=O)NC(=O)c1ccc(F)c(C2CC2)c1. The van der Waals surface area contributed by atoms with Crippen molar-refractivity contribution in [2.75, 3.05) is 6.26 Å². The van der Waals surface area contributed by atoms with Gasteiger partial charge in [-0.25, -0.2) is 17.5 Å². The first-order chi connectivity index (χ1) is 7.87. The normalized spacial score (nSPS) is 15.6. The zero-order valence-electron chi connectivity index (χ0n) is 9.23. The van der Waals surface area contributed by atoms with Crippen molar-refractivity contribution in [3.63, 3.8) is 0 Å². The van der Waals surface area contributed by atoms with E-state index < -0.39 is 15.9 Å². The van der Waals surface area contributed by atoms with Gasteiger partial charge in [0.2, 0.25) is 10.0 Å². The summed E-state index contributed by atoms with van der Waals surface area (Å²) in [5.74, 6) is -0.904. The van der Waals surface area contributed by atoms with E-state index >= 15 is 0 Å². The molecule has 0 radical (unpaired) electrons. The largest absolute Gasteiger partial charge is 0.268 e. The van der Waals surface area contributed by atoms with Crippen molar-refractivity contribution in [1.29, 1.82) is 0 Å². The lowest BCUT2D eigenvalue weighted by Gasteiger charge is -2.06. The lowest BCUT2D eigenvalue weighted by molar-refractivity contribution is 0.0981. The molecule has 0 spiro atoms. The second kappa shape index (κ2) is 4.10. The quantitative estimate of drug-likeness (QED) is 0.890. The van der Waals surface area contributed by atoms with Crippen LogP contribution >= 0.6 is 0 Å². The molecule has 1 amide bonds. The lowest BCUT2D eigenvalue weighted by Crippen LogP contribution is -2.29. The minimum atomic E-state index is -3.59. The number of hydrogen-bond donors (Lipinski definition) is 1. The van der Waals surface area contributed by atoms with Crippen molar-refractivity contribution in [1.82, 2.24) is 4.72 Å². The highest BCUT2D eigenvalue weighted by Gasteiger charge is 2.27. The van der Waals surface area contributed by atoms with Crippen molar-refractivity contribution in [3.8, 4) is 0 Å². The van der Waals surface area contributed by atoms with Gasteiger partial charge >= 0.3 is 0 Å². The first-order valence-electron chi connectivity index (χ1n) is 5.18. The third-order valence-electron chi connectivity index (χ3n) is 2.55. The molecule has 0 saturated heterocycles. The Bertz CT molecular complexity index is 564. The van der Waals surface area contributed by atoms with Gasteiger partial charge in [-0.3, -0.25) is 4.79 Å². The highest BCUT2D eigenvalue weighted by molar-refractivity contribution is 7.89. The van der Waals surface area contributed by atoms with Gasteiger partial charge in [-0.2, -0.15) is 0 Å². The molecule has 0 heterocycles. The molecule has 0 aromatic heterocycles. The van der Waals surface area contributed by atoms with Crippen molar-refractivity contribution in [2.45, 2.75) is 18.8 Å². The summed E-state index contributed by atoms with van der Waals surface area (Å²) in [5.41, 5.74) is 0.657. The number of halogens is 1. The van der Waals surface area contributed by atoms with Crippen LogP contribution in [0.5, 0.6) is 0 Å². The molecular formula is C11H12FNO3S. The molecule has 17 heavy (non-hydrogen) atoms. The molecule has 1 aliphatic rings. The molecule has 0 atom stereocenters. The third kappa shape index (κ3) is 3.03. The molecular weight excluding hydrogens is 245 g/mol. The van der Waals surface area contributed by atoms with Crippen LogP contribution in [0.1, 0.15) is 34.7 Å². The van der Waals surface area contributed by atoms with Crippen LogP contribution in [0.2, 0.25) is 0 Å². The van der Waals surface area contributed by atoms with Gasteiger partial charge in [0.15, 0.2) is 0 Å². The first kappa shape index (κ1) is 12.0. The maximum Gasteiger partial charge on any atom is 0.264 e. The molecule has 92 valence electrons. The van der Waals surface area contributed by atoms with E-state index in [1.54, 1.807) is 0 Å². The summed E-state index contributed by atoms with van der Waals surface area (Å²) in [6, 6.07) is 3.90. The number of benzene rings is 1. The standard InChI is InChI=1S/C11H12FNO3S/c1-17(15,16)13-11(14)8-4-5-10(12)9(6-8)7-2-3-7/h4-7H,2-3H2,1H3,(H,13,14). The van der Waals surface area contributed by atoms with Crippen molar-refractivity contribution in [3.05, 3.63) is 35.1 Å². The third-order valence-corrected chi connectivity index (χ3v) is 3.11. The molecule has 1 saturated carbocycles. The number of hydrogen-bond acceptors (Lipinski definition) is 3. The Hall–Kier alpha value is -1.43. The maximum atomic E-state index is 13.4.